The Hall–Kier alpha value is -1.72. The predicted molar refractivity (Wildman–Crippen MR) is 96.3 cm³/mol. The van der Waals surface area contributed by atoms with Gasteiger partial charge in [0.05, 0.1) is 11.8 Å². The quantitative estimate of drug-likeness (QED) is 0.871. The van der Waals surface area contributed by atoms with Crippen molar-refractivity contribution in [2.24, 2.45) is 5.41 Å². The molecule has 0 amide bonds. The van der Waals surface area contributed by atoms with Crippen molar-refractivity contribution in [2.45, 2.75) is 32.3 Å². The lowest BCUT2D eigenvalue weighted by Crippen LogP contribution is -2.58. The van der Waals surface area contributed by atoms with Crippen molar-refractivity contribution in [2.75, 3.05) is 38.1 Å². The van der Waals surface area contributed by atoms with Crippen LogP contribution in [0.2, 0.25) is 0 Å². The van der Waals surface area contributed by atoms with Crippen LogP contribution >= 0.6 is 0 Å². The van der Waals surface area contributed by atoms with E-state index in [9.17, 15) is 5.11 Å². The molecule has 128 valence electrons. The molecule has 4 rings (SSSR count). The predicted octanol–water partition coefficient (Wildman–Crippen LogP) is 2.22. The van der Waals surface area contributed by atoms with Crippen molar-refractivity contribution in [1.29, 1.82) is 0 Å². The topological polar surface area (TPSA) is 52.5 Å². The van der Waals surface area contributed by atoms with Crippen LogP contribution in [0.4, 0.5) is 5.82 Å². The van der Waals surface area contributed by atoms with E-state index in [0.29, 0.717) is 0 Å². The van der Waals surface area contributed by atoms with Gasteiger partial charge in [-0.05, 0) is 33.2 Å². The van der Waals surface area contributed by atoms with Crippen LogP contribution in [0.25, 0.3) is 10.8 Å². The summed E-state index contributed by atoms with van der Waals surface area (Å²) >= 11 is 0. The van der Waals surface area contributed by atoms with Crippen LogP contribution in [0.3, 0.4) is 0 Å². The summed E-state index contributed by atoms with van der Waals surface area (Å²) in [6, 6.07) is 8.37. The van der Waals surface area contributed by atoms with E-state index in [2.05, 4.69) is 51.3 Å². The normalized spacial score (nSPS) is 28.6. The number of aliphatic hydroxyl groups excluding tert-OH is 1. The zero-order chi connectivity index (χ0) is 16.7. The number of fused-ring (bicyclic) bond motifs is 1. The first kappa shape index (κ1) is 15.8. The van der Waals surface area contributed by atoms with Gasteiger partial charge in [-0.25, -0.2) is 0 Å². The fourth-order valence-corrected chi connectivity index (χ4v) is 4.57. The summed E-state index contributed by atoms with van der Waals surface area (Å²) < 4.78 is 0. The van der Waals surface area contributed by atoms with Gasteiger partial charge < -0.3 is 14.9 Å². The van der Waals surface area contributed by atoms with Crippen molar-refractivity contribution in [3.05, 3.63) is 30.0 Å². The second-order valence-electron chi connectivity index (χ2n) is 7.58. The molecule has 0 bridgehead atoms. The molecule has 2 aliphatic heterocycles. The third-order valence-corrected chi connectivity index (χ3v) is 5.84. The molecule has 1 aromatic carbocycles. The molecule has 1 spiro atoms. The van der Waals surface area contributed by atoms with Gasteiger partial charge in [0.25, 0.3) is 0 Å². The summed E-state index contributed by atoms with van der Waals surface area (Å²) in [6.45, 7) is 5.80. The minimum Gasteiger partial charge on any atom is -0.392 e. The standard InChI is InChI=1S/C19H26N4O/c1-14-15-6-3-4-7-16(15)18(21-20-14)23-10-5-9-19(13-23)12-22(2)11-8-17(19)24/h3-4,6-7,17,24H,5,8-13H2,1-2H3/t17-,19-/m0/s1. The Bertz CT molecular complexity index is 749. The molecule has 3 heterocycles. The van der Waals surface area contributed by atoms with Crippen LogP contribution in [-0.2, 0) is 0 Å². The Kier molecular flexibility index (Phi) is 3.93. The van der Waals surface area contributed by atoms with E-state index in [1.807, 2.05) is 6.92 Å². The van der Waals surface area contributed by atoms with Crippen molar-refractivity contribution in [1.82, 2.24) is 15.1 Å². The Labute approximate surface area is 143 Å². The number of hydrogen-bond acceptors (Lipinski definition) is 5. The van der Waals surface area contributed by atoms with Gasteiger partial charge in [0, 0.05) is 42.4 Å². The van der Waals surface area contributed by atoms with E-state index in [4.69, 9.17) is 0 Å². The van der Waals surface area contributed by atoms with Gasteiger partial charge in [0.15, 0.2) is 5.82 Å². The van der Waals surface area contributed by atoms with Gasteiger partial charge in [0.1, 0.15) is 0 Å². The lowest BCUT2D eigenvalue weighted by Gasteiger charge is -2.50. The van der Waals surface area contributed by atoms with Crippen LogP contribution in [0, 0.1) is 12.3 Å². The molecule has 2 saturated heterocycles. The van der Waals surface area contributed by atoms with Crippen molar-refractivity contribution in [3.8, 4) is 0 Å². The molecule has 5 heteroatoms. The molecular formula is C19H26N4O. The summed E-state index contributed by atoms with van der Waals surface area (Å²) in [7, 11) is 2.16. The maximum absolute atomic E-state index is 10.7. The van der Waals surface area contributed by atoms with E-state index >= 15 is 0 Å². The van der Waals surface area contributed by atoms with Crippen LogP contribution in [0.5, 0.6) is 0 Å². The number of hydrogen-bond donors (Lipinski definition) is 1. The molecule has 24 heavy (non-hydrogen) atoms. The summed E-state index contributed by atoms with van der Waals surface area (Å²) in [5, 5.41) is 22.0. The number of aromatic nitrogens is 2. The zero-order valence-corrected chi connectivity index (χ0v) is 14.6. The SMILES string of the molecule is Cc1nnc(N2CCC[C@]3(CN(C)CC[C@@H]3O)C2)c2ccccc12. The second-order valence-corrected chi connectivity index (χ2v) is 7.58. The van der Waals surface area contributed by atoms with Gasteiger partial charge in [-0.15, -0.1) is 5.10 Å². The van der Waals surface area contributed by atoms with Crippen LogP contribution < -0.4 is 4.90 Å². The zero-order valence-electron chi connectivity index (χ0n) is 14.6. The average Bonchev–Trinajstić information content (AvgIpc) is 2.59. The van der Waals surface area contributed by atoms with E-state index in [1.165, 1.54) is 10.8 Å². The molecule has 2 aromatic rings. The smallest absolute Gasteiger partial charge is 0.159 e. The largest absolute Gasteiger partial charge is 0.392 e. The minimum absolute atomic E-state index is 0.0427. The fourth-order valence-electron chi connectivity index (χ4n) is 4.57. The summed E-state index contributed by atoms with van der Waals surface area (Å²) in [5.74, 6) is 0.968. The first-order valence-electron chi connectivity index (χ1n) is 8.93. The maximum atomic E-state index is 10.7. The Morgan fingerprint density at radius 2 is 1.92 bits per heavy atom. The molecule has 2 fully saturated rings. The number of nitrogens with zero attached hydrogens (tertiary/aromatic N) is 4. The Morgan fingerprint density at radius 3 is 2.75 bits per heavy atom. The maximum Gasteiger partial charge on any atom is 0.159 e. The highest BCUT2D eigenvalue weighted by Crippen LogP contribution is 2.40. The van der Waals surface area contributed by atoms with Crippen LogP contribution in [0.15, 0.2) is 24.3 Å². The number of likely N-dealkylation sites (tertiary alicyclic amines) is 1. The third kappa shape index (κ3) is 2.56. The monoisotopic (exact) mass is 326 g/mol. The highest BCUT2D eigenvalue weighted by atomic mass is 16.3. The first-order valence-corrected chi connectivity index (χ1v) is 8.93. The number of benzene rings is 1. The number of aryl methyl sites for hydroxylation is 1. The van der Waals surface area contributed by atoms with E-state index < -0.39 is 0 Å². The van der Waals surface area contributed by atoms with Crippen LogP contribution in [0.1, 0.15) is 25.0 Å². The second kappa shape index (κ2) is 5.97. The van der Waals surface area contributed by atoms with Gasteiger partial charge in [-0.1, -0.05) is 24.3 Å². The van der Waals surface area contributed by atoms with Gasteiger partial charge in [0.2, 0.25) is 0 Å². The summed E-state index contributed by atoms with van der Waals surface area (Å²) in [6.07, 6.45) is 2.83. The summed E-state index contributed by atoms with van der Waals surface area (Å²) in [4.78, 5) is 4.70. The highest BCUT2D eigenvalue weighted by molar-refractivity contribution is 5.93. The summed E-state index contributed by atoms with van der Waals surface area (Å²) in [5.41, 5.74) is 0.928. The molecule has 1 N–H and O–H groups in total. The van der Waals surface area contributed by atoms with Gasteiger partial charge >= 0.3 is 0 Å². The van der Waals surface area contributed by atoms with Gasteiger partial charge in [-0.2, -0.15) is 5.10 Å². The molecular weight excluding hydrogens is 300 g/mol. The molecule has 0 saturated carbocycles. The van der Waals surface area contributed by atoms with E-state index in [-0.39, 0.29) is 11.5 Å². The van der Waals surface area contributed by atoms with E-state index in [0.717, 1.165) is 57.0 Å². The molecule has 2 aliphatic rings. The molecule has 5 nitrogen and oxygen atoms in total. The first-order chi connectivity index (χ1) is 11.6. The molecule has 0 unspecified atom stereocenters. The Balaban J connectivity index is 1.71. The van der Waals surface area contributed by atoms with Gasteiger partial charge in [-0.3, -0.25) is 0 Å². The number of aliphatic hydroxyl groups is 1. The minimum atomic E-state index is -0.221. The lowest BCUT2D eigenvalue weighted by molar-refractivity contribution is -0.0466. The van der Waals surface area contributed by atoms with Crippen LogP contribution in [-0.4, -0.2) is 59.5 Å². The molecule has 2 atom stereocenters. The molecule has 0 radical (unpaired) electrons. The highest BCUT2D eigenvalue weighted by Gasteiger charge is 2.45. The molecule has 1 aromatic heterocycles. The van der Waals surface area contributed by atoms with Crippen molar-refractivity contribution in [3.63, 3.8) is 0 Å². The van der Waals surface area contributed by atoms with Crippen molar-refractivity contribution >= 4 is 16.6 Å². The Morgan fingerprint density at radius 1 is 1.12 bits per heavy atom. The van der Waals surface area contributed by atoms with E-state index in [1.54, 1.807) is 0 Å². The lowest BCUT2D eigenvalue weighted by atomic mass is 9.71. The van der Waals surface area contributed by atoms with Crippen molar-refractivity contribution < 1.29 is 5.11 Å². The number of anilines is 1. The third-order valence-electron chi connectivity index (χ3n) is 5.84. The molecule has 0 aliphatic carbocycles. The number of rotatable bonds is 1. The number of piperidine rings is 2. The average molecular weight is 326 g/mol. The fraction of sp³-hybridized carbons (Fsp3) is 0.579.